The number of benzene rings is 2. The van der Waals surface area contributed by atoms with Gasteiger partial charge in [-0.3, -0.25) is 9.59 Å². The Hall–Kier alpha value is -4.60. The van der Waals surface area contributed by atoms with Gasteiger partial charge in [-0.15, -0.1) is 0 Å². The number of ketones is 2. The molecular weight excluding hydrogens is 448 g/mol. The molecule has 0 radical (unpaired) electrons. The van der Waals surface area contributed by atoms with Crippen LogP contribution >= 0.6 is 0 Å². The van der Waals surface area contributed by atoms with E-state index in [9.17, 15) is 29.4 Å². The number of fused-ring (bicyclic) bond motifs is 2. The van der Waals surface area contributed by atoms with Crippen LogP contribution < -0.4 is 20.7 Å². The molecule has 0 aliphatic rings. The second kappa shape index (κ2) is 9.49. The van der Waals surface area contributed by atoms with E-state index in [2.05, 4.69) is 0 Å². The van der Waals surface area contributed by atoms with E-state index in [1.165, 1.54) is 64.5 Å². The third kappa shape index (κ3) is 4.46. The molecule has 176 valence electrons. The first-order chi connectivity index (χ1) is 16.1. The van der Waals surface area contributed by atoms with E-state index in [1.54, 1.807) is 0 Å². The fourth-order valence-corrected chi connectivity index (χ4v) is 3.41. The fourth-order valence-electron chi connectivity index (χ4n) is 3.41. The maximum Gasteiger partial charge on any atom is 0.336 e. The van der Waals surface area contributed by atoms with Crippen LogP contribution in [0.2, 0.25) is 0 Å². The number of carbonyl (C=O) groups is 2. The maximum absolute atomic E-state index is 11.5. The monoisotopic (exact) mass is 468 g/mol. The Bertz CT molecular complexity index is 1420. The molecule has 10 nitrogen and oxygen atoms in total. The molecule has 2 N–H and O–H groups in total. The number of Topliss-reactive ketones (excluding diaryl/α,β-unsaturated/α-hetero) is 2. The summed E-state index contributed by atoms with van der Waals surface area (Å²) in [6, 6.07) is 8.16. The first-order valence-corrected chi connectivity index (χ1v) is 9.78. The highest BCUT2D eigenvalue weighted by molar-refractivity contribution is 6.09. The summed E-state index contributed by atoms with van der Waals surface area (Å²) in [6.07, 6.45) is 0. The van der Waals surface area contributed by atoms with Gasteiger partial charge in [0.1, 0.15) is 11.1 Å². The van der Waals surface area contributed by atoms with Gasteiger partial charge >= 0.3 is 11.3 Å². The van der Waals surface area contributed by atoms with Gasteiger partial charge in [-0.25, -0.2) is 9.59 Å². The van der Waals surface area contributed by atoms with Gasteiger partial charge in [0.2, 0.25) is 0 Å². The number of ether oxygens (including phenoxy) is 2. The highest BCUT2D eigenvalue weighted by Gasteiger charge is 2.20. The molecule has 0 aliphatic heterocycles. The van der Waals surface area contributed by atoms with Crippen molar-refractivity contribution in [2.24, 2.45) is 0 Å². The molecule has 34 heavy (non-hydrogen) atoms. The lowest BCUT2D eigenvalue weighted by Crippen LogP contribution is -2.03. The van der Waals surface area contributed by atoms with Crippen molar-refractivity contribution in [2.45, 2.75) is 13.8 Å². The van der Waals surface area contributed by atoms with Gasteiger partial charge in [0.15, 0.2) is 45.7 Å². The van der Waals surface area contributed by atoms with E-state index in [1.807, 2.05) is 0 Å². The van der Waals surface area contributed by atoms with Crippen LogP contribution in [-0.2, 0) is 0 Å². The van der Waals surface area contributed by atoms with Crippen molar-refractivity contribution in [3.05, 3.63) is 68.4 Å². The third-order valence-corrected chi connectivity index (χ3v) is 4.80. The molecule has 4 aromatic rings. The molecule has 0 saturated carbocycles. The highest BCUT2D eigenvalue weighted by atomic mass is 16.5. The largest absolute Gasteiger partial charge is 0.504 e. The number of carbonyl (C=O) groups excluding carboxylic acids is 2. The van der Waals surface area contributed by atoms with Gasteiger partial charge < -0.3 is 28.5 Å². The second-order valence-electron chi connectivity index (χ2n) is 7.07. The molecule has 0 atom stereocenters. The molecule has 2 heterocycles. The number of hydrogen-bond acceptors (Lipinski definition) is 10. The quantitative estimate of drug-likeness (QED) is 0.336. The summed E-state index contributed by atoms with van der Waals surface area (Å²) in [5, 5.41) is 20.4. The van der Waals surface area contributed by atoms with Crippen LogP contribution in [0.4, 0.5) is 0 Å². The van der Waals surface area contributed by atoms with Gasteiger partial charge in [-0.05, 0) is 38.1 Å². The molecule has 0 spiro atoms. The molecule has 0 fully saturated rings. The Morgan fingerprint density at radius 2 is 1.06 bits per heavy atom. The Kier molecular flexibility index (Phi) is 6.71. The minimum atomic E-state index is -0.562. The predicted molar refractivity (Wildman–Crippen MR) is 121 cm³/mol. The van der Waals surface area contributed by atoms with Crippen molar-refractivity contribution in [1.82, 2.24) is 0 Å². The number of hydrogen-bond donors (Lipinski definition) is 2. The topological polar surface area (TPSA) is 153 Å². The van der Waals surface area contributed by atoms with Crippen LogP contribution in [0.1, 0.15) is 34.6 Å². The number of methoxy groups -OCH3 is 2. The molecule has 0 bridgehead atoms. The molecule has 2 aromatic heterocycles. The summed E-state index contributed by atoms with van der Waals surface area (Å²) in [4.78, 5) is 45.4. The van der Waals surface area contributed by atoms with Crippen molar-refractivity contribution in [3.8, 4) is 23.0 Å². The molecule has 0 saturated heterocycles. The van der Waals surface area contributed by atoms with Crippen LogP contribution in [0, 0.1) is 0 Å². The van der Waals surface area contributed by atoms with Crippen molar-refractivity contribution in [1.29, 1.82) is 0 Å². The van der Waals surface area contributed by atoms with Crippen molar-refractivity contribution in [2.75, 3.05) is 14.2 Å². The van der Waals surface area contributed by atoms with Gasteiger partial charge in [-0.1, -0.05) is 0 Å². The molecule has 0 aliphatic carbocycles. The molecular formula is C24H20O10. The minimum Gasteiger partial charge on any atom is -0.504 e. The zero-order chi connectivity index (χ0) is 25.2. The summed E-state index contributed by atoms with van der Waals surface area (Å²) in [6.45, 7) is 2.62. The summed E-state index contributed by atoms with van der Waals surface area (Å²) in [7, 11) is 2.66. The zero-order valence-electron chi connectivity index (χ0n) is 18.6. The number of phenolic OH excluding ortho intramolecular Hbond substituents is 2. The summed E-state index contributed by atoms with van der Waals surface area (Å²) in [5.41, 5.74) is -0.736. The van der Waals surface area contributed by atoms with E-state index >= 15 is 0 Å². The Balaban J connectivity index is 0.000000191. The average molecular weight is 468 g/mol. The van der Waals surface area contributed by atoms with Crippen LogP contribution in [0.15, 0.2) is 54.8 Å². The average Bonchev–Trinajstić information content (AvgIpc) is 2.78. The van der Waals surface area contributed by atoms with E-state index in [-0.39, 0.29) is 56.9 Å². The maximum atomic E-state index is 11.5. The van der Waals surface area contributed by atoms with Crippen LogP contribution in [0.5, 0.6) is 23.0 Å². The second-order valence-corrected chi connectivity index (χ2v) is 7.07. The molecule has 0 unspecified atom stereocenters. The van der Waals surface area contributed by atoms with Crippen molar-refractivity contribution in [3.63, 3.8) is 0 Å². The molecule has 0 amide bonds. The summed E-state index contributed by atoms with van der Waals surface area (Å²) < 4.78 is 19.9. The van der Waals surface area contributed by atoms with Gasteiger partial charge in [-0.2, -0.15) is 0 Å². The van der Waals surface area contributed by atoms with Crippen molar-refractivity contribution >= 4 is 33.5 Å². The Labute approximate surface area is 191 Å². The van der Waals surface area contributed by atoms with E-state index < -0.39 is 11.3 Å². The third-order valence-electron chi connectivity index (χ3n) is 4.80. The smallest absolute Gasteiger partial charge is 0.336 e. The SMILES string of the molecule is COc1c(O)cc2ccc(=O)oc2c1C(C)=O.COc1c(O)cc2ccc(=O)oc2c1C(C)=O. The van der Waals surface area contributed by atoms with Crippen LogP contribution in [0.3, 0.4) is 0 Å². The normalized spacial score (nSPS) is 10.5. The lowest BCUT2D eigenvalue weighted by atomic mass is 10.1. The fraction of sp³-hybridized carbons (Fsp3) is 0.167. The first-order valence-electron chi connectivity index (χ1n) is 9.78. The highest BCUT2D eigenvalue weighted by Crippen LogP contribution is 2.37. The number of rotatable bonds is 4. The van der Waals surface area contributed by atoms with E-state index in [4.69, 9.17) is 18.3 Å². The zero-order valence-corrected chi connectivity index (χ0v) is 18.6. The summed E-state index contributed by atoms with van der Waals surface area (Å²) in [5.74, 6) is -1.01. The number of aromatic hydroxyl groups is 2. The van der Waals surface area contributed by atoms with Gasteiger partial charge in [0.05, 0.1) is 14.2 Å². The minimum absolute atomic E-state index is 0.0133. The summed E-state index contributed by atoms with van der Waals surface area (Å²) >= 11 is 0. The lowest BCUT2D eigenvalue weighted by molar-refractivity contribution is 0.100. The van der Waals surface area contributed by atoms with E-state index in [0.717, 1.165) is 0 Å². The van der Waals surface area contributed by atoms with Crippen molar-refractivity contribution < 1.29 is 38.1 Å². The predicted octanol–water partition coefficient (Wildman–Crippen LogP) is 3.42. The molecule has 4 rings (SSSR count). The van der Waals surface area contributed by atoms with Crippen LogP contribution in [-0.4, -0.2) is 36.0 Å². The van der Waals surface area contributed by atoms with E-state index in [0.29, 0.717) is 10.8 Å². The lowest BCUT2D eigenvalue weighted by Gasteiger charge is -2.09. The first kappa shape index (κ1) is 24.1. The number of phenols is 2. The Morgan fingerprint density at radius 3 is 1.35 bits per heavy atom. The van der Waals surface area contributed by atoms with Crippen LogP contribution in [0.25, 0.3) is 21.9 Å². The molecule has 10 heteroatoms. The molecule has 2 aromatic carbocycles. The standard InChI is InChI=1S/2C12H10O5/c2*1-6(13)10-11-7(3-4-9(15)17-11)5-8(14)12(10)16-2/h2*3-5,14H,1-2H3. The van der Waals surface area contributed by atoms with Gasteiger partial charge in [0.25, 0.3) is 0 Å². The Morgan fingerprint density at radius 1 is 0.706 bits per heavy atom. The van der Waals surface area contributed by atoms with Gasteiger partial charge in [0, 0.05) is 22.9 Å².